The summed E-state index contributed by atoms with van der Waals surface area (Å²) in [6.45, 7) is 2.05. The van der Waals surface area contributed by atoms with Crippen molar-refractivity contribution in [3.8, 4) is 0 Å². The zero-order valence-electron chi connectivity index (χ0n) is 15.4. The third kappa shape index (κ3) is 5.08. The first-order valence-corrected chi connectivity index (χ1v) is 8.99. The van der Waals surface area contributed by atoms with Crippen molar-refractivity contribution >= 4 is 29.9 Å². The molecule has 0 bridgehead atoms. The van der Waals surface area contributed by atoms with Gasteiger partial charge in [-0.25, -0.2) is 0 Å². The molecule has 1 aliphatic carbocycles. The van der Waals surface area contributed by atoms with Crippen LogP contribution in [0.5, 0.6) is 0 Å². The third-order valence-electron chi connectivity index (χ3n) is 4.97. The summed E-state index contributed by atoms with van der Waals surface area (Å²) in [5, 5.41) is 5.84. The molecule has 2 aromatic rings. The summed E-state index contributed by atoms with van der Waals surface area (Å²) in [4.78, 5) is 24.6. The quantitative estimate of drug-likeness (QED) is 0.710. The molecule has 0 aromatic heterocycles. The van der Waals surface area contributed by atoms with E-state index in [0.717, 1.165) is 36.1 Å². The Morgan fingerprint density at radius 1 is 1.11 bits per heavy atom. The molecule has 27 heavy (non-hydrogen) atoms. The zero-order chi connectivity index (χ0) is 18.6. The van der Waals surface area contributed by atoms with Crippen molar-refractivity contribution in [2.24, 2.45) is 11.7 Å². The fourth-order valence-electron chi connectivity index (χ4n) is 2.96. The molecular weight excluding hydrogens is 362 g/mol. The molecule has 0 radical (unpaired) electrons. The summed E-state index contributed by atoms with van der Waals surface area (Å²) in [7, 11) is 0. The van der Waals surface area contributed by atoms with Crippen LogP contribution in [0.4, 0.5) is 5.69 Å². The number of rotatable bonds is 6. The summed E-state index contributed by atoms with van der Waals surface area (Å²) < 4.78 is 0. The van der Waals surface area contributed by atoms with E-state index < -0.39 is 5.54 Å². The Morgan fingerprint density at radius 3 is 2.44 bits per heavy atom. The monoisotopic (exact) mass is 387 g/mol. The van der Waals surface area contributed by atoms with Gasteiger partial charge in [0, 0.05) is 18.2 Å². The van der Waals surface area contributed by atoms with E-state index in [4.69, 9.17) is 5.73 Å². The van der Waals surface area contributed by atoms with E-state index in [0.29, 0.717) is 6.54 Å². The molecule has 4 N–H and O–H groups in total. The van der Waals surface area contributed by atoms with E-state index in [-0.39, 0.29) is 30.1 Å². The second kappa shape index (κ2) is 9.02. The Bertz CT molecular complexity index is 789. The molecule has 0 aliphatic heterocycles. The van der Waals surface area contributed by atoms with E-state index in [1.165, 1.54) is 0 Å². The minimum atomic E-state index is -1.10. The molecule has 1 saturated carbocycles. The van der Waals surface area contributed by atoms with E-state index in [2.05, 4.69) is 10.6 Å². The number of carbonyl (C=O) groups is 2. The minimum Gasteiger partial charge on any atom is -0.350 e. The lowest BCUT2D eigenvalue weighted by molar-refractivity contribution is -0.126. The van der Waals surface area contributed by atoms with Crippen LogP contribution in [-0.4, -0.2) is 11.8 Å². The van der Waals surface area contributed by atoms with Crippen molar-refractivity contribution in [2.75, 3.05) is 5.32 Å². The number of halogens is 1. The van der Waals surface area contributed by atoms with E-state index in [1.807, 2.05) is 54.6 Å². The van der Waals surface area contributed by atoms with Crippen LogP contribution in [0, 0.1) is 5.92 Å². The first-order valence-electron chi connectivity index (χ1n) is 8.99. The van der Waals surface area contributed by atoms with E-state index >= 15 is 0 Å². The molecule has 2 amide bonds. The Morgan fingerprint density at radius 2 is 1.81 bits per heavy atom. The summed E-state index contributed by atoms with van der Waals surface area (Å²) in [5.41, 5.74) is 7.56. The van der Waals surface area contributed by atoms with Gasteiger partial charge in [-0.05, 0) is 43.0 Å². The number of amides is 2. The van der Waals surface area contributed by atoms with Gasteiger partial charge in [0.1, 0.15) is 5.54 Å². The normalized spacial score (nSPS) is 15.6. The van der Waals surface area contributed by atoms with Crippen molar-refractivity contribution in [2.45, 2.75) is 38.3 Å². The molecule has 5 nitrogen and oxygen atoms in total. The maximum Gasteiger partial charge on any atom is 0.244 e. The van der Waals surface area contributed by atoms with Crippen molar-refractivity contribution in [3.63, 3.8) is 0 Å². The Hall–Kier alpha value is -2.37. The van der Waals surface area contributed by atoms with Crippen LogP contribution in [0.2, 0.25) is 0 Å². The van der Waals surface area contributed by atoms with Crippen molar-refractivity contribution in [3.05, 3.63) is 65.7 Å². The lowest BCUT2D eigenvalue weighted by atomic mass is 9.85. The fourth-order valence-corrected chi connectivity index (χ4v) is 2.96. The predicted molar refractivity (Wildman–Crippen MR) is 109 cm³/mol. The Labute approximate surface area is 166 Å². The van der Waals surface area contributed by atoms with Gasteiger partial charge >= 0.3 is 0 Å². The van der Waals surface area contributed by atoms with Gasteiger partial charge in [0.15, 0.2) is 0 Å². The van der Waals surface area contributed by atoms with Crippen LogP contribution in [0.15, 0.2) is 54.6 Å². The summed E-state index contributed by atoms with van der Waals surface area (Å²) >= 11 is 0. The molecule has 144 valence electrons. The molecule has 0 spiro atoms. The first kappa shape index (κ1) is 20.9. The highest BCUT2D eigenvalue weighted by Crippen LogP contribution is 2.27. The Kier molecular flexibility index (Phi) is 6.99. The average molecular weight is 388 g/mol. The molecule has 0 heterocycles. The molecule has 1 fully saturated rings. The number of carbonyl (C=O) groups excluding carboxylic acids is 2. The van der Waals surface area contributed by atoms with E-state index in [1.54, 1.807) is 6.92 Å². The number of hydrogen-bond acceptors (Lipinski definition) is 3. The third-order valence-corrected chi connectivity index (χ3v) is 4.97. The topological polar surface area (TPSA) is 84.2 Å². The smallest absolute Gasteiger partial charge is 0.244 e. The van der Waals surface area contributed by atoms with Crippen LogP contribution in [0.1, 0.15) is 37.3 Å². The standard InChI is InChI=1S/C21H25N3O2.ClH/c1-21(22,17-10-3-2-4-11-17)20(26)23-14-15-7-5-12-18(13-15)24-19(25)16-8-6-9-16;/h2-5,7,10-13,16H,6,8-9,14,22H2,1H3,(H,23,26)(H,24,25);1H. The molecule has 1 aliphatic rings. The van der Waals surface area contributed by atoms with Gasteiger partial charge in [-0.1, -0.05) is 48.9 Å². The highest BCUT2D eigenvalue weighted by atomic mass is 35.5. The maximum atomic E-state index is 12.5. The second-order valence-electron chi connectivity index (χ2n) is 7.07. The fraction of sp³-hybridized carbons (Fsp3) is 0.333. The van der Waals surface area contributed by atoms with Gasteiger partial charge < -0.3 is 16.4 Å². The largest absolute Gasteiger partial charge is 0.350 e. The van der Waals surface area contributed by atoms with Crippen LogP contribution in [-0.2, 0) is 21.7 Å². The SMILES string of the molecule is CC(N)(C(=O)NCc1cccc(NC(=O)C2CCC2)c1)c1ccccc1.Cl. The molecule has 3 rings (SSSR count). The van der Waals surface area contributed by atoms with Gasteiger partial charge in [-0.3, -0.25) is 9.59 Å². The van der Waals surface area contributed by atoms with Gasteiger partial charge in [0.05, 0.1) is 0 Å². The van der Waals surface area contributed by atoms with Gasteiger partial charge in [0.25, 0.3) is 0 Å². The summed E-state index contributed by atoms with van der Waals surface area (Å²) in [6, 6.07) is 16.8. The van der Waals surface area contributed by atoms with Crippen LogP contribution in [0.3, 0.4) is 0 Å². The minimum absolute atomic E-state index is 0. The highest BCUT2D eigenvalue weighted by Gasteiger charge is 2.30. The molecule has 1 unspecified atom stereocenters. The second-order valence-corrected chi connectivity index (χ2v) is 7.07. The van der Waals surface area contributed by atoms with Crippen LogP contribution in [0.25, 0.3) is 0 Å². The summed E-state index contributed by atoms with van der Waals surface area (Å²) in [6.07, 6.45) is 3.07. The first-order chi connectivity index (χ1) is 12.5. The maximum absolute atomic E-state index is 12.5. The molecule has 2 aromatic carbocycles. The van der Waals surface area contributed by atoms with Crippen molar-refractivity contribution in [1.29, 1.82) is 0 Å². The number of hydrogen-bond donors (Lipinski definition) is 3. The molecular formula is C21H26ClN3O2. The number of anilines is 1. The van der Waals surface area contributed by atoms with Crippen LogP contribution >= 0.6 is 12.4 Å². The predicted octanol–water partition coefficient (Wildman–Crippen LogP) is 3.34. The van der Waals surface area contributed by atoms with Gasteiger partial charge in [-0.15, -0.1) is 12.4 Å². The Balaban J connectivity index is 0.00000261. The number of benzene rings is 2. The van der Waals surface area contributed by atoms with E-state index in [9.17, 15) is 9.59 Å². The summed E-state index contributed by atoms with van der Waals surface area (Å²) in [5.74, 6) is -0.0224. The lowest BCUT2D eigenvalue weighted by Crippen LogP contribution is -2.48. The zero-order valence-corrected chi connectivity index (χ0v) is 16.2. The van der Waals surface area contributed by atoms with Gasteiger partial charge in [0.2, 0.25) is 11.8 Å². The highest BCUT2D eigenvalue weighted by molar-refractivity contribution is 5.93. The molecule has 1 atom stereocenters. The van der Waals surface area contributed by atoms with Crippen LogP contribution < -0.4 is 16.4 Å². The molecule has 6 heteroatoms. The average Bonchev–Trinajstić information content (AvgIpc) is 2.59. The lowest BCUT2D eigenvalue weighted by Gasteiger charge is -2.24. The van der Waals surface area contributed by atoms with Crippen molar-refractivity contribution in [1.82, 2.24) is 5.32 Å². The van der Waals surface area contributed by atoms with Crippen molar-refractivity contribution < 1.29 is 9.59 Å². The number of nitrogens with two attached hydrogens (primary N) is 1. The number of nitrogens with one attached hydrogen (secondary N) is 2. The van der Waals surface area contributed by atoms with Gasteiger partial charge in [-0.2, -0.15) is 0 Å². The molecule has 0 saturated heterocycles.